The molecule has 0 spiro atoms. The Balaban J connectivity index is 2.53. The van der Waals surface area contributed by atoms with Gasteiger partial charge in [0.05, 0.1) is 12.8 Å². The van der Waals surface area contributed by atoms with Crippen molar-refractivity contribution in [1.29, 1.82) is 0 Å². The van der Waals surface area contributed by atoms with Gasteiger partial charge in [0.2, 0.25) is 11.8 Å². The maximum absolute atomic E-state index is 12.4. The highest BCUT2D eigenvalue weighted by molar-refractivity contribution is 9.10. The number of carbonyl (C=O) groups excluding carboxylic acids is 3. The van der Waals surface area contributed by atoms with Crippen LogP contribution in [0.25, 0.3) is 0 Å². The lowest BCUT2D eigenvalue weighted by Crippen LogP contribution is -2.62. The standard InChI is InChI=1S/C13H13BrN2O4/c1-13(2)10(17)15-12(19)16(11(13)18)9-6-7(20-3)4-5-8(9)14/h4-6H,1-3H3,(H,15,17,19). The molecule has 0 unspecified atom stereocenters. The molecule has 1 aliphatic rings. The Kier molecular flexibility index (Phi) is 3.56. The fourth-order valence-electron chi connectivity index (χ4n) is 1.79. The lowest BCUT2D eigenvalue weighted by atomic mass is 9.88. The SMILES string of the molecule is COc1ccc(Br)c(N2C(=O)NC(=O)C(C)(C)C2=O)c1. The van der Waals surface area contributed by atoms with Crippen LogP contribution in [0.4, 0.5) is 10.5 Å². The summed E-state index contributed by atoms with van der Waals surface area (Å²) in [6.07, 6.45) is 0. The predicted molar refractivity (Wildman–Crippen MR) is 75.5 cm³/mol. The molecule has 1 saturated heterocycles. The average molecular weight is 341 g/mol. The zero-order chi connectivity index (χ0) is 15.1. The van der Waals surface area contributed by atoms with Crippen molar-refractivity contribution in [2.75, 3.05) is 12.0 Å². The average Bonchev–Trinajstić information content (AvgIpc) is 2.39. The summed E-state index contributed by atoms with van der Waals surface area (Å²) in [5, 5.41) is 2.18. The molecule has 20 heavy (non-hydrogen) atoms. The van der Waals surface area contributed by atoms with E-state index in [1.165, 1.54) is 21.0 Å². The third kappa shape index (κ3) is 2.18. The van der Waals surface area contributed by atoms with E-state index >= 15 is 0 Å². The number of barbiturate groups is 1. The fourth-order valence-corrected chi connectivity index (χ4v) is 2.21. The van der Waals surface area contributed by atoms with Crippen LogP contribution in [0.2, 0.25) is 0 Å². The fraction of sp³-hybridized carbons (Fsp3) is 0.308. The number of hydrogen-bond donors (Lipinski definition) is 1. The van der Waals surface area contributed by atoms with Gasteiger partial charge in [-0.2, -0.15) is 0 Å². The molecule has 0 atom stereocenters. The molecule has 7 heteroatoms. The third-order valence-electron chi connectivity index (χ3n) is 3.12. The maximum atomic E-state index is 12.4. The first-order valence-electron chi connectivity index (χ1n) is 5.82. The van der Waals surface area contributed by atoms with E-state index in [2.05, 4.69) is 21.2 Å². The van der Waals surface area contributed by atoms with Crippen molar-refractivity contribution >= 4 is 39.5 Å². The molecule has 1 heterocycles. The minimum Gasteiger partial charge on any atom is -0.497 e. The van der Waals surface area contributed by atoms with Crippen LogP contribution in [-0.4, -0.2) is 25.0 Å². The topological polar surface area (TPSA) is 75.7 Å². The number of rotatable bonds is 2. The largest absolute Gasteiger partial charge is 0.497 e. The molecule has 1 aromatic rings. The molecule has 1 aromatic carbocycles. The highest BCUT2D eigenvalue weighted by Crippen LogP contribution is 2.35. The van der Waals surface area contributed by atoms with Gasteiger partial charge >= 0.3 is 6.03 Å². The second-order valence-corrected chi connectivity index (χ2v) is 5.70. The number of nitrogens with zero attached hydrogens (tertiary/aromatic N) is 1. The van der Waals surface area contributed by atoms with E-state index in [-0.39, 0.29) is 0 Å². The number of anilines is 1. The quantitative estimate of drug-likeness (QED) is 0.836. The van der Waals surface area contributed by atoms with Crippen LogP contribution in [-0.2, 0) is 9.59 Å². The molecule has 0 radical (unpaired) electrons. The molecule has 1 fully saturated rings. The van der Waals surface area contributed by atoms with Crippen LogP contribution < -0.4 is 15.0 Å². The molecule has 2 rings (SSSR count). The second kappa shape index (κ2) is 4.90. The van der Waals surface area contributed by atoms with E-state index in [9.17, 15) is 14.4 Å². The number of amides is 4. The van der Waals surface area contributed by atoms with Crippen molar-refractivity contribution in [2.45, 2.75) is 13.8 Å². The first-order valence-corrected chi connectivity index (χ1v) is 6.62. The summed E-state index contributed by atoms with van der Waals surface area (Å²) in [7, 11) is 1.48. The molecule has 0 saturated carbocycles. The Hall–Kier alpha value is -1.89. The van der Waals surface area contributed by atoms with Gasteiger partial charge in [0, 0.05) is 10.5 Å². The summed E-state index contributed by atoms with van der Waals surface area (Å²) >= 11 is 3.29. The Morgan fingerprint density at radius 1 is 1.25 bits per heavy atom. The summed E-state index contributed by atoms with van der Waals surface area (Å²) in [5.41, 5.74) is -0.983. The Morgan fingerprint density at radius 3 is 2.50 bits per heavy atom. The lowest BCUT2D eigenvalue weighted by molar-refractivity contribution is -0.140. The number of halogens is 1. The molecule has 1 aliphatic heterocycles. The van der Waals surface area contributed by atoms with E-state index < -0.39 is 23.3 Å². The van der Waals surface area contributed by atoms with Crippen LogP contribution in [0.15, 0.2) is 22.7 Å². The smallest absolute Gasteiger partial charge is 0.335 e. The van der Waals surface area contributed by atoms with Gasteiger partial charge in [-0.05, 0) is 41.9 Å². The Labute approximate surface area is 124 Å². The van der Waals surface area contributed by atoms with Crippen LogP contribution in [0.1, 0.15) is 13.8 Å². The zero-order valence-electron chi connectivity index (χ0n) is 11.2. The van der Waals surface area contributed by atoms with Gasteiger partial charge in [-0.15, -0.1) is 0 Å². The van der Waals surface area contributed by atoms with Gasteiger partial charge in [-0.25, -0.2) is 9.69 Å². The number of urea groups is 1. The van der Waals surface area contributed by atoms with E-state index in [0.717, 1.165) is 4.90 Å². The first-order chi connectivity index (χ1) is 9.28. The van der Waals surface area contributed by atoms with E-state index in [4.69, 9.17) is 4.74 Å². The molecule has 0 aliphatic carbocycles. The molecule has 6 nitrogen and oxygen atoms in total. The van der Waals surface area contributed by atoms with Crippen LogP contribution in [0, 0.1) is 5.41 Å². The first kappa shape index (κ1) is 14.5. The molecule has 0 bridgehead atoms. The Morgan fingerprint density at radius 2 is 1.90 bits per heavy atom. The molecule has 1 N–H and O–H groups in total. The van der Waals surface area contributed by atoms with Gasteiger partial charge in [0.15, 0.2) is 0 Å². The number of hydrogen-bond acceptors (Lipinski definition) is 4. The number of carbonyl (C=O) groups is 3. The molecular weight excluding hydrogens is 328 g/mol. The number of ether oxygens (including phenoxy) is 1. The van der Waals surface area contributed by atoms with Crippen molar-refractivity contribution < 1.29 is 19.1 Å². The monoisotopic (exact) mass is 340 g/mol. The van der Waals surface area contributed by atoms with Crippen molar-refractivity contribution in [3.63, 3.8) is 0 Å². The van der Waals surface area contributed by atoms with E-state index in [0.29, 0.717) is 15.9 Å². The predicted octanol–water partition coefficient (Wildman–Crippen LogP) is 2.07. The van der Waals surface area contributed by atoms with Gasteiger partial charge in [0.25, 0.3) is 0 Å². The van der Waals surface area contributed by atoms with Gasteiger partial charge in [-0.3, -0.25) is 14.9 Å². The zero-order valence-corrected chi connectivity index (χ0v) is 12.8. The maximum Gasteiger partial charge on any atom is 0.335 e. The van der Waals surface area contributed by atoms with Crippen molar-refractivity contribution in [2.24, 2.45) is 5.41 Å². The highest BCUT2D eigenvalue weighted by atomic mass is 79.9. The van der Waals surface area contributed by atoms with E-state index in [1.807, 2.05) is 0 Å². The number of methoxy groups -OCH3 is 1. The molecule has 0 aromatic heterocycles. The summed E-state index contributed by atoms with van der Waals surface area (Å²) in [4.78, 5) is 37.0. The van der Waals surface area contributed by atoms with Crippen molar-refractivity contribution in [1.82, 2.24) is 5.32 Å². The van der Waals surface area contributed by atoms with Crippen molar-refractivity contribution in [3.05, 3.63) is 22.7 Å². The van der Waals surface area contributed by atoms with Crippen LogP contribution in [0.5, 0.6) is 5.75 Å². The number of imide groups is 2. The summed E-state index contributed by atoms with van der Waals surface area (Å²) < 4.78 is 5.63. The van der Waals surface area contributed by atoms with Gasteiger partial charge in [-0.1, -0.05) is 0 Å². The summed E-state index contributed by atoms with van der Waals surface area (Å²) in [6, 6.07) is 4.13. The van der Waals surface area contributed by atoms with Crippen molar-refractivity contribution in [3.8, 4) is 5.75 Å². The lowest BCUT2D eigenvalue weighted by Gasteiger charge is -2.34. The molecular formula is C13H13BrN2O4. The van der Waals surface area contributed by atoms with Crippen LogP contribution >= 0.6 is 15.9 Å². The van der Waals surface area contributed by atoms with Gasteiger partial charge in [0.1, 0.15) is 11.2 Å². The van der Waals surface area contributed by atoms with Crippen LogP contribution in [0.3, 0.4) is 0 Å². The second-order valence-electron chi connectivity index (χ2n) is 4.84. The third-order valence-corrected chi connectivity index (χ3v) is 3.79. The number of nitrogens with one attached hydrogen (secondary N) is 1. The summed E-state index contributed by atoms with van der Waals surface area (Å²) in [5.74, 6) is -0.693. The molecule has 4 amide bonds. The number of benzene rings is 1. The Bertz CT molecular complexity index is 612. The minimum absolute atomic E-state index is 0.326. The minimum atomic E-state index is -1.31. The van der Waals surface area contributed by atoms with E-state index in [1.54, 1.807) is 18.2 Å². The highest BCUT2D eigenvalue weighted by Gasteiger charge is 2.48. The van der Waals surface area contributed by atoms with Gasteiger partial charge < -0.3 is 4.74 Å². The summed E-state index contributed by atoms with van der Waals surface area (Å²) in [6.45, 7) is 2.94. The normalized spacial score (nSPS) is 18.0. The molecule has 106 valence electrons.